The second kappa shape index (κ2) is 7.85. The fourth-order valence-electron chi connectivity index (χ4n) is 3.47. The van der Waals surface area contributed by atoms with E-state index < -0.39 is 15.9 Å². The molecule has 148 valence electrons. The molecule has 1 aliphatic carbocycles. The van der Waals surface area contributed by atoms with Gasteiger partial charge in [0, 0.05) is 12.1 Å². The van der Waals surface area contributed by atoms with Gasteiger partial charge in [-0.1, -0.05) is 29.6 Å². The number of hydrogen-bond acceptors (Lipinski definition) is 6. The molecule has 4 rings (SSSR count). The van der Waals surface area contributed by atoms with Crippen molar-refractivity contribution in [1.29, 1.82) is 0 Å². The third-order valence-electron chi connectivity index (χ3n) is 5.01. The van der Waals surface area contributed by atoms with E-state index in [9.17, 15) is 13.2 Å². The molecule has 1 aromatic carbocycles. The monoisotopic (exact) mass is 438 g/mol. The van der Waals surface area contributed by atoms with Crippen LogP contribution in [-0.2, 0) is 19.5 Å². The van der Waals surface area contributed by atoms with Gasteiger partial charge in [-0.3, -0.25) is 4.79 Å². The Balaban J connectivity index is 1.38. The highest BCUT2D eigenvalue weighted by Crippen LogP contribution is 2.30. The van der Waals surface area contributed by atoms with Crippen molar-refractivity contribution in [3.05, 3.63) is 45.6 Å². The summed E-state index contributed by atoms with van der Waals surface area (Å²) in [6, 6.07) is 9.94. The fraction of sp³-hybridized carbons (Fsp3) is 0.368. The van der Waals surface area contributed by atoms with Crippen molar-refractivity contribution in [2.75, 3.05) is 5.32 Å². The number of nitrogens with one attached hydrogen (secondary N) is 1. The number of amides is 1. The molecule has 6 nitrogen and oxygen atoms in total. The minimum absolute atomic E-state index is 0.291. The van der Waals surface area contributed by atoms with Crippen molar-refractivity contribution in [3.8, 4) is 0 Å². The maximum Gasteiger partial charge on any atom is 0.268 e. The fourth-order valence-corrected chi connectivity index (χ4v) is 6.36. The highest BCUT2D eigenvalue weighted by molar-refractivity contribution is 7.92. The number of hydrogen-bond donors (Lipinski definition) is 1. The van der Waals surface area contributed by atoms with Gasteiger partial charge < -0.3 is 10.2 Å². The first-order chi connectivity index (χ1) is 13.4. The van der Waals surface area contributed by atoms with Crippen LogP contribution in [0, 0.1) is 0 Å². The van der Waals surface area contributed by atoms with E-state index in [4.69, 9.17) is 16.4 Å². The minimum atomic E-state index is -3.30. The summed E-state index contributed by atoms with van der Waals surface area (Å²) in [5.41, 5.74) is 1.21. The molecule has 1 unspecified atom stereocenters. The van der Waals surface area contributed by atoms with E-state index in [1.807, 2.05) is 6.07 Å². The van der Waals surface area contributed by atoms with E-state index in [2.05, 4.69) is 10.5 Å². The second-order valence-electron chi connectivity index (χ2n) is 6.91. The Hall–Kier alpha value is -1.90. The van der Waals surface area contributed by atoms with Crippen molar-refractivity contribution in [1.82, 2.24) is 0 Å². The van der Waals surface area contributed by atoms with E-state index in [0.29, 0.717) is 27.1 Å². The zero-order chi connectivity index (χ0) is 19.7. The zero-order valence-corrected chi connectivity index (χ0v) is 17.3. The van der Waals surface area contributed by atoms with E-state index in [-0.39, 0.29) is 11.2 Å². The number of rotatable bonds is 5. The molecule has 2 aliphatic rings. The van der Waals surface area contributed by atoms with Crippen LogP contribution < -0.4 is 5.32 Å². The maximum absolute atomic E-state index is 12.6. The molecule has 2 aromatic rings. The predicted octanol–water partition coefficient (Wildman–Crippen LogP) is 4.25. The van der Waals surface area contributed by atoms with Gasteiger partial charge in [0.25, 0.3) is 5.91 Å². The van der Waals surface area contributed by atoms with Crippen LogP contribution in [0.1, 0.15) is 37.0 Å². The largest absolute Gasteiger partial charge is 0.382 e. The summed E-state index contributed by atoms with van der Waals surface area (Å²) in [4.78, 5) is 18.9. The number of carbonyl (C=O) groups is 1. The maximum atomic E-state index is 12.6. The lowest BCUT2D eigenvalue weighted by Gasteiger charge is -2.13. The molecule has 0 radical (unpaired) electrons. The molecular weight excluding hydrogens is 420 g/mol. The minimum Gasteiger partial charge on any atom is -0.382 e. The average Bonchev–Trinajstić information content (AvgIpc) is 3.43. The molecule has 2 heterocycles. The third kappa shape index (κ3) is 3.94. The number of anilines is 1. The molecule has 28 heavy (non-hydrogen) atoms. The van der Waals surface area contributed by atoms with Crippen molar-refractivity contribution in [2.24, 2.45) is 5.16 Å². The molecular formula is C19H19ClN2O4S2. The second-order valence-corrected chi connectivity index (χ2v) is 10.8. The normalized spacial score (nSPS) is 20.0. The summed E-state index contributed by atoms with van der Waals surface area (Å²) in [7, 11) is -3.30. The molecule has 0 bridgehead atoms. The Kier molecular flexibility index (Phi) is 5.44. The highest BCUT2D eigenvalue weighted by atomic mass is 35.5. The van der Waals surface area contributed by atoms with Gasteiger partial charge in [-0.05, 0) is 49.2 Å². The molecule has 1 aliphatic heterocycles. The van der Waals surface area contributed by atoms with Crippen LogP contribution in [0.15, 0.2) is 46.4 Å². The van der Waals surface area contributed by atoms with E-state index in [1.54, 1.807) is 30.3 Å². The number of halogens is 1. The summed E-state index contributed by atoms with van der Waals surface area (Å²) in [6.45, 7) is 0. The van der Waals surface area contributed by atoms with Gasteiger partial charge in [0.05, 0.1) is 19.4 Å². The average molecular weight is 439 g/mol. The first-order valence-electron chi connectivity index (χ1n) is 9.07. The molecule has 0 spiro atoms. The molecule has 1 aromatic heterocycles. The Morgan fingerprint density at radius 3 is 2.50 bits per heavy atom. The summed E-state index contributed by atoms with van der Waals surface area (Å²) < 4.78 is 25.9. The van der Waals surface area contributed by atoms with Crippen LogP contribution >= 0.6 is 22.9 Å². The van der Waals surface area contributed by atoms with Crippen LogP contribution in [0.2, 0.25) is 4.34 Å². The van der Waals surface area contributed by atoms with Gasteiger partial charge in [-0.25, -0.2) is 8.42 Å². The first-order valence-corrected chi connectivity index (χ1v) is 11.8. The molecule has 1 atom stereocenters. The smallest absolute Gasteiger partial charge is 0.268 e. The Labute approximate surface area is 172 Å². The van der Waals surface area contributed by atoms with Gasteiger partial charge in [0.15, 0.2) is 9.84 Å². The summed E-state index contributed by atoms with van der Waals surface area (Å²) in [5.74, 6) is -0.326. The Bertz CT molecular complexity index is 1010. The molecule has 9 heteroatoms. The third-order valence-corrected chi connectivity index (χ3v) is 8.57. The van der Waals surface area contributed by atoms with Gasteiger partial charge >= 0.3 is 0 Å². The number of oxime groups is 1. The van der Waals surface area contributed by atoms with Crippen LogP contribution in [0.3, 0.4) is 0 Å². The lowest BCUT2D eigenvalue weighted by atomic mass is 10.1. The summed E-state index contributed by atoms with van der Waals surface area (Å²) >= 11 is 7.31. The standard InChI is InChI=1S/C19H19ClN2O4S2/c20-18-10-9-17(27-18)15-11-16(26-22-15)19(23)21-12-5-7-14(8-6-12)28(24,25)13-3-1-2-4-13/h5-10,13,16H,1-4,11H2,(H,21,23). The van der Waals surface area contributed by atoms with Crippen molar-refractivity contribution in [3.63, 3.8) is 0 Å². The quantitative estimate of drug-likeness (QED) is 0.756. The van der Waals surface area contributed by atoms with Crippen LogP contribution in [0.5, 0.6) is 0 Å². The Morgan fingerprint density at radius 2 is 1.86 bits per heavy atom. The topological polar surface area (TPSA) is 84.8 Å². The molecule has 1 amide bonds. The van der Waals surface area contributed by atoms with E-state index in [1.165, 1.54) is 11.3 Å². The lowest BCUT2D eigenvalue weighted by Crippen LogP contribution is -2.28. The van der Waals surface area contributed by atoms with Crippen molar-refractivity contribution >= 4 is 50.1 Å². The Morgan fingerprint density at radius 1 is 1.14 bits per heavy atom. The van der Waals surface area contributed by atoms with E-state index in [0.717, 1.165) is 30.6 Å². The summed E-state index contributed by atoms with van der Waals surface area (Å²) in [5, 5.41) is 6.45. The van der Waals surface area contributed by atoms with Gasteiger partial charge in [-0.2, -0.15) is 0 Å². The van der Waals surface area contributed by atoms with Crippen molar-refractivity contribution < 1.29 is 18.0 Å². The van der Waals surface area contributed by atoms with Gasteiger partial charge in [0.1, 0.15) is 5.71 Å². The number of carbonyl (C=O) groups excluding carboxylic acids is 1. The lowest BCUT2D eigenvalue weighted by molar-refractivity contribution is -0.125. The zero-order valence-electron chi connectivity index (χ0n) is 14.9. The summed E-state index contributed by atoms with van der Waals surface area (Å²) in [6.07, 6.45) is 2.99. The number of sulfone groups is 1. The number of benzene rings is 1. The number of thiophene rings is 1. The van der Waals surface area contributed by atoms with Crippen LogP contribution in [0.25, 0.3) is 0 Å². The predicted molar refractivity (Wildman–Crippen MR) is 110 cm³/mol. The van der Waals surface area contributed by atoms with E-state index >= 15 is 0 Å². The molecule has 1 N–H and O–H groups in total. The molecule has 0 saturated heterocycles. The van der Waals surface area contributed by atoms with Crippen molar-refractivity contribution in [2.45, 2.75) is 48.4 Å². The van der Waals surface area contributed by atoms with Gasteiger partial charge in [-0.15, -0.1) is 11.3 Å². The number of nitrogens with zero attached hydrogens (tertiary/aromatic N) is 1. The van der Waals surface area contributed by atoms with Crippen LogP contribution in [0.4, 0.5) is 5.69 Å². The SMILES string of the molecule is O=C(Nc1ccc(S(=O)(=O)C2CCCC2)cc1)C1CC(c2ccc(Cl)s2)=NO1. The molecule has 1 saturated carbocycles. The first kappa shape index (κ1) is 19.4. The van der Waals surface area contributed by atoms with Crippen LogP contribution in [-0.4, -0.2) is 31.4 Å². The molecule has 1 fully saturated rings. The highest BCUT2D eigenvalue weighted by Gasteiger charge is 2.31. The van der Waals surface area contributed by atoms with Gasteiger partial charge in [0.2, 0.25) is 6.10 Å².